The van der Waals surface area contributed by atoms with Crippen LogP contribution >= 0.6 is 0 Å². The Morgan fingerprint density at radius 2 is 2.07 bits per heavy atom. The quantitative estimate of drug-likeness (QED) is 0.819. The molecule has 0 saturated carbocycles. The lowest BCUT2D eigenvalue weighted by atomic mass is 10.0. The molecular formula is C13H19NO. The molecule has 2 unspecified atom stereocenters. The van der Waals surface area contributed by atoms with Crippen LogP contribution in [0.5, 0.6) is 0 Å². The van der Waals surface area contributed by atoms with E-state index in [1.165, 1.54) is 24.0 Å². The first-order valence-corrected chi connectivity index (χ1v) is 5.77. The molecule has 15 heavy (non-hydrogen) atoms. The van der Waals surface area contributed by atoms with Crippen molar-refractivity contribution in [1.29, 1.82) is 0 Å². The van der Waals surface area contributed by atoms with Crippen LogP contribution in [-0.4, -0.2) is 12.8 Å². The van der Waals surface area contributed by atoms with E-state index in [0.29, 0.717) is 0 Å². The Morgan fingerprint density at radius 1 is 1.33 bits per heavy atom. The van der Waals surface area contributed by atoms with E-state index in [1.807, 2.05) is 6.92 Å². The maximum absolute atomic E-state index is 5.74. The van der Waals surface area contributed by atoms with Gasteiger partial charge in [0.15, 0.2) is 0 Å². The lowest BCUT2D eigenvalue weighted by molar-refractivity contribution is 0.0529. The number of aryl methyl sites for hydroxylation is 1. The van der Waals surface area contributed by atoms with Crippen molar-refractivity contribution in [2.24, 2.45) is 0 Å². The minimum Gasteiger partial charge on any atom is -0.354 e. The summed E-state index contributed by atoms with van der Waals surface area (Å²) in [5.74, 6) is 0. The van der Waals surface area contributed by atoms with E-state index >= 15 is 0 Å². The molecule has 2 atom stereocenters. The highest BCUT2D eigenvalue weighted by Gasteiger charge is 2.22. The Morgan fingerprint density at radius 3 is 2.60 bits per heavy atom. The first kappa shape index (κ1) is 10.7. The van der Waals surface area contributed by atoms with E-state index in [4.69, 9.17) is 4.74 Å². The average molecular weight is 205 g/mol. The molecule has 1 aliphatic heterocycles. The van der Waals surface area contributed by atoms with Gasteiger partial charge in [-0.25, -0.2) is 0 Å². The van der Waals surface area contributed by atoms with Crippen LogP contribution in [0, 0.1) is 0 Å². The van der Waals surface area contributed by atoms with Gasteiger partial charge in [0, 0.05) is 6.54 Å². The van der Waals surface area contributed by atoms with Gasteiger partial charge >= 0.3 is 0 Å². The Labute approximate surface area is 91.6 Å². The molecule has 1 heterocycles. The summed E-state index contributed by atoms with van der Waals surface area (Å²) in [6.45, 7) is 5.18. The molecule has 1 aliphatic rings. The second-order valence-electron chi connectivity index (χ2n) is 4.17. The van der Waals surface area contributed by atoms with E-state index < -0.39 is 0 Å². The van der Waals surface area contributed by atoms with Gasteiger partial charge in [-0.2, -0.15) is 0 Å². The molecule has 1 aromatic carbocycles. The molecule has 1 aromatic rings. The minimum absolute atomic E-state index is 0.185. The van der Waals surface area contributed by atoms with Crippen molar-refractivity contribution >= 4 is 0 Å². The highest BCUT2D eigenvalue weighted by Crippen LogP contribution is 2.22. The van der Waals surface area contributed by atoms with Crippen LogP contribution in [0.25, 0.3) is 0 Å². The Hall–Kier alpha value is -0.860. The third kappa shape index (κ3) is 2.58. The SMILES string of the molecule is CCCc1ccc(C2CNC(C)O2)cc1. The van der Waals surface area contributed by atoms with Crippen molar-refractivity contribution in [3.05, 3.63) is 35.4 Å². The maximum Gasteiger partial charge on any atom is 0.106 e. The van der Waals surface area contributed by atoms with Gasteiger partial charge in [0.05, 0.1) is 6.10 Å². The molecule has 1 fully saturated rings. The molecule has 0 amide bonds. The summed E-state index contributed by atoms with van der Waals surface area (Å²) in [4.78, 5) is 0. The van der Waals surface area contributed by atoms with Gasteiger partial charge in [-0.3, -0.25) is 5.32 Å². The number of benzene rings is 1. The molecule has 2 rings (SSSR count). The molecule has 0 aliphatic carbocycles. The van der Waals surface area contributed by atoms with E-state index in [1.54, 1.807) is 0 Å². The Bertz CT molecular complexity index is 307. The standard InChI is InChI=1S/C13H19NO/c1-3-4-11-5-7-12(8-6-11)13-9-14-10(2)15-13/h5-8,10,13-14H,3-4,9H2,1-2H3. The first-order chi connectivity index (χ1) is 7.29. The van der Waals surface area contributed by atoms with Gasteiger partial charge in [-0.1, -0.05) is 37.6 Å². The monoisotopic (exact) mass is 205 g/mol. The van der Waals surface area contributed by atoms with Crippen molar-refractivity contribution in [1.82, 2.24) is 5.32 Å². The summed E-state index contributed by atoms with van der Waals surface area (Å²) < 4.78 is 5.74. The second kappa shape index (κ2) is 4.77. The third-order valence-electron chi connectivity index (χ3n) is 2.85. The van der Waals surface area contributed by atoms with E-state index in [2.05, 4.69) is 36.5 Å². The lowest BCUT2D eigenvalue weighted by Crippen LogP contribution is -2.17. The van der Waals surface area contributed by atoms with E-state index in [-0.39, 0.29) is 12.3 Å². The highest BCUT2D eigenvalue weighted by molar-refractivity contribution is 5.25. The molecule has 2 heteroatoms. The third-order valence-corrected chi connectivity index (χ3v) is 2.85. The van der Waals surface area contributed by atoms with Crippen molar-refractivity contribution in [2.45, 2.75) is 39.0 Å². The smallest absolute Gasteiger partial charge is 0.106 e. The topological polar surface area (TPSA) is 21.3 Å². The fourth-order valence-electron chi connectivity index (χ4n) is 2.00. The zero-order valence-corrected chi connectivity index (χ0v) is 9.49. The highest BCUT2D eigenvalue weighted by atomic mass is 16.5. The maximum atomic E-state index is 5.74. The van der Waals surface area contributed by atoms with E-state index in [9.17, 15) is 0 Å². The molecule has 1 saturated heterocycles. The molecule has 0 bridgehead atoms. The van der Waals surface area contributed by atoms with Crippen LogP contribution in [0.1, 0.15) is 37.5 Å². The summed E-state index contributed by atoms with van der Waals surface area (Å²) in [6.07, 6.45) is 2.79. The first-order valence-electron chi connectivity index (χ1n) is 5.77. The Kier molecular flexibility index (Phi) is 3.39. The predicted molar refractivity (Wildman–Crippen MR) is 61.7 cm³/mol. The van der Waals surface area contributed by atoms with Crippen LogP contribution in [0.15, 0.2) is 24.3 Å². The number of hydrogen-bond donors (Lipinski definition) is 1. The normalized spacial score (nSPS) is 25.7. The molecule has 0 aromatic heterocycles. The van der Waals surface area contributed by atoms with Crippen molar-refractivity contribution in [2.75, 3.05) is 6.54 Å². The Balaban J connectivity index is 2.03. The fraction of sp³-hybridized carbons (Fsp3) is 0.538. The fourth-order valence-corrected chi connectivity index (χ4v) is 2.00. The van der Waals surface area contributed by atoms with Gasteiger partial charge in [-0.05, 0) is 24.5 Å². The van der Waals surface area contributed by atoms with E-state index in [0.717, 1.165) is 6.54 Å². The average Bonchev–Trinajstić information content (AvgIpc) is 2.67. The van der Waals surface area contributed by atoms with Crippen LogP contribution in [0.3, 0.4) is 0 Å². The van der Waals surface area contributed by atoms with Gasteiger partial charge < -0.3 is 4.74 Å². The summed E-state index contributed by atoms with van der Waals surface area (Å²) in [5, 5.41) is 3.29. The minimum atomic E-state index is 0.185. The zero-order chi connectivity index (χ0) is 10.7. The molecule has 0 spiro atoms. The number of ether oxygens (including phenoxy) is 1. The summed E-state index contributed by atoms with van der Waals surface area (Å²) in [7, 11) is 0. The van der Waals surface area contributed by atoms with Gasteiger partial charge in [0.25, 0.3) is 0 Å². The van der Waals surface area contributed by atoms with Crippen molar-refractivity contribution in [3.8, 4) is 0 Å². The predicted octanol–water partition coefficient (Wildman–Crippen LogP) is 2.65. The van der Waals surface area contributed by atoms with Crippen LogP contribution in [-0.2, 0) is 11.2 Å². The second-order valence-corrected chi connectivity index (χ2v) is 4.17. The summed E-state index contributed by atoms with van der Waals surface area (Å²) >= 11 is 0. The number of rotatable bonds is 3. The van der Waals surface area contributed by atoms with Gasteiger partial charge in [-0.15, -0.1) is 0 Å². The number of nitrogens with one attached hydrogen (secondary N) is 1. The molecular weight excluding hydrogens is 186 g/mol. The van der Waals surface area contributed by atoms with Crippen molar-refractivity contribution < 1.29 is 4.74 Å². The summed E-state index contributed by atoms with van der Waals surface area (Å²) in [5.41, 5.74) is 2.70. The van der Waals surface area contributed by atoms with Gasteiger partial charge in [0.2, 0.25) is 0 Å². The van der Waals surface area contributed by atoms with Gasteiger partial charge in [0.1, 0.15) is 6.23 Å². The largest absolute Gasteiger partial charge is 0.354 e. The number of hydrogen-bond acceptors (Lipinski definition) is 2. The summed E-state index contributed by atoms with van der Waals surface area (Å²) in [6, 6.07) is 8.81. The zero-order valence-electron chi connectivity index (χ0n) is 9.49. The molecule has 1 N–H and O–H groups in total. The van der Waals surface area contributed by atoms with Crippen LogP contribution < -0.4 is 5.32 Å². The molecule has 82 valence electrons. The van der Waals surface area contributed by atoms with Crippen molar-refractivity contribution in [3.63, 3.8) is 0 Å². The van der Waals surface area contributed by atoms with Crippen LogP contribution in [0.4, 0.5) is 0 Å². The molecule has 2 nitrogen and oxygen atoms in total. The lowest BCUT2D eigenvalue weighted by Gasteiger charge is -2.10. The molecule has 0 radical (unpaired) electrons. The van der Waals surface area contributed by atoms with Crippen LogP contribution in [0.2, 0.25) is 0 Å².